The molecule has 4 aliphatic rings. The normalized spacial score (nSPS) is 22.2. The smallest absolute Gasteiger partial charge is 0.251 e. The van der Waals surface area contributed by atoms with E-state index in [2.05, 4.69) is 77.0 Å². The van der Waals surface area contributed by atoms with Gasteiger partial charge < -0.3 is 25.0 Å². The summed E-state index contributed by atoms with van der Waals surface area (Å²) in [4.78, 5) is 41.9. The SMILES string of the molecule is Cc1ccc(Nc2nc(-c3ccc4c(c3)N([C@H]3C[C@@H](N5CCCCC5)C3)C(=O)C4(C)C)cc3ncn(C(C)C)c23)cc1C(=O)NC1CCC1. The summed E-state index contributed by atoms with van der Waals surface area (Å²) >= 11 is 0. The summed E-state index contributed by atoms with van der Waals surface area (Å²) in [5.74, 6) is 0.851. The Kier molecular flexibility index (Phi) is 8.01. The molecule has 9 heteroatoms. The number of benzene rings is 2. The molecule has 1 saturated heterocycles. The number of carbonyl (C=O) groups excluding carboxylic acids is 2. The number of piperidine rings is 1. The number of nitrogens with one attached hydrogen (secondary N) is 2. The molecule has 2 amide bonds. The van der Waals surface area contributed by atoms with E-state index in [-0.39, 0.29) is 29.9 Å². The van der Waals surface area contributed by atoms with Gasteiger partial charge in [-0.3, -0.25) is 9.59 Å². The third-order valence-corrected chi connectivity index (χ3v) is 11.6. The van der Waals surface area contributed by atoms with Crippen LogP contribution in [0.25, 0.3) is 22.3 Å². The lowest BCUT2D eigenvalue weighted by Crippen LogP contribution is -2.57. The van der Waals surface area contributed by atoms with E-state index < -0.39 is 5.41 Å². The van der Waals surface area contributed by atoms with Crippen molar-refractivity contribution in [3.63, 3.8) is 0 Å². The topological polar surface area (TPSA) is 95.4 Å². The average molecular weight is 660 g/mol. The van der Waals surface area contributed by atoms with Gasteiger partial charge in [-0.25, -0.2) is 9.97 Å². The van der Waals surface area contributed by atoms with Gasteiger partial charge in [0, 0.05) is 46.7 Å². The van der Waals surface area contributed by atoms with Crippen molar-refractivity contribution in [1.29, 1.82) is 0 Å². The number of pyridine rings is 1. The molecule has 0 spiro atoms. The second kappa shape index (κ2) is 12.3. The van der Waals surface area contributed by atoms with Crippen molar-refractivity contribution < 1.29 is 9.59 Å². The van der Waals surface area contributed by atoms with Gasteiger partial charge in [-0.2, -0.15) is 0 Å². The second-order valence-corrected chi connectivity index (χ2v) is 15.6. The Morgan fingerprint density at radius 1 is 0.959 bits per heavy atom. The molecule has 8 rings (SSSR count). The summed E-state index contributed by atoms with van der Waals surface area (Å²) in [5, 5.41) is 6.76. The third-order valence-electron chi connectivity index (χ3n) is 11.6. The van der Waals surface area contributed by atoms with Gasteiger partial charge >= 0.3 is 0 Å². The van der Waals surface area contributed by atoms with Crippen molar-refractivity contribution in [3.05, 3.63) is 65.5 Å². The number of hydrogen-bond acceptors (Lipinski definition) is 6. The van der Waals surface area contributed by atoms with Gasteiger partial charge in [0.05, 0.1) is 23.0 Å². The van der Waals surface area contributed by atoms with Crippen LogP contribution in [0.15, 0.2) is 48.8 Å². The molecule has 2 aromatic heterocycles. The van der Waals surface area contributed by atoms with Gasteiger partial charge in [0.15, 0.2) is 5.82 Å². The van der Waals surface area contributed by atoms with Crippen LogP contribution in [0.4, 0.5) is 17.2 Å². The predicted octanol–water partition coefficient (Wildman–Crippen LogP) is 7.65. The number of rotatable bonds is 8. The minimum atomic E-state index is -0.571. The van der Waals surface area contributed by atoms with E-state index in [1.54, 1.807) is 0 Å². The minimum Gasteiger partial charge on any atom is -0.349 e. The van der Waals surface area contributed by atoms with Gasteiger partial charge in [0.1, 0.15) is 5.52 Å². The van der Waals surface area contributed by atoms with E-state index in [4.69, 9.17) is 9.97 Å². The number of aryl methyl sites for hydroxylation is 1. The first-order valence-corrected chi connectivity index (χ1v) is 18.4. The lowest BCUT2D eigenvalue weighted by atomic mass is 9.82. The molecule has 256 valence electrons. The molecule has 0 radical (unpaired) electrons. The lowest BCUT2D eigenvalue weighted by molar-refractivity contribution is -0.123. The number of aromatic nitrogens is 3. The Morgan fingerprint density at radius 2 is 1.73 bits per heavy atom. The van der Waals surface area contributed by atoms with Crippen molar-refractivity contribution in [2.24, 2.45) is 0 Å². The highest BCUT2D eigenvalue weighted by Gasteiger charge is 2.50. The first-order chi connectivity index (χ1) is 23.6. The molecule has 4 aromatic rings. The Morgan fingerprint density at radius 3 is 2.45 bits per heavy atom. The summed E-state index contributed by atoms with van der Waals surface area (Å²) in [5.41, 5.74) is 7.43. The summed E-state index contributed by atoms with van der Waals surface area (Å²) in [6, 6.07) is 15.6. The molecule has 2 aromatic carbocycles. The number of imidazole rings is 1. The second-order valence-electron chi connectivity index (χ2n) is 15.6. The number of nitrogens with zero attached hydrogens (tertiary/aromatic N) is 5. The van der Waals surface area contributed by atoms with Crippen LogP contribution in [0.1, 0.15) is 107 Å². The highest BCUT2D eigenvalue weighted by Crippen LogP contribution is 2.48. The number of likely N-dealkylation sites (tertiary alicyclic amines) is 1. The van der Waals surface area contributed by atoms with Crippen LogP contribution in [0.5, 0.6) is 0 Å². The zero-order valence-corrected chi connectivity index (χ0v) is 29.6. The van der Waals surface area contributed by atoms with Gasteiger partial charge in [0.25, 0.3) is 5.91 Å². The maximum atomic E-state index is 14.0. The quantitative estimate of drug-likeness (QED) is 0.202. The number of anilines is 3. The summed E-state index contributed by atoms with van der Waals surface area (Å²) in [6.45, 7) is 12.7. The average Bonchev–Trinajstić information content (AvgIpc) is 3.57. The third kappa shape index (κ3) is 5.60. The van der Waals surface area contributed by atoms with Crippen molar-refractivity contribution in [2.75, 3.05) is 23.3 Å². The summed E-state index contributed by atoms with van der Waals surface area (Å²) < 4.78 is 2.13. The van der Waals surface area contributed by atoms with Crippen LogP contribution in [0.2, 0.25) is 0 Å². The van der Waals surface area contributed by atoms with Crippen LogP contribution < -0.4 is 15.5 Å². The van der Waals surface area contributed by atoms with Crippen LogP contribution in [-0.2, 0) is 10.2 Å². The first kappa shape index (κ1) is 32.0. The number of hydrogen-bond donors (Lipinski definition) is 2. The highest BCUT2D eigenvalue weighted by molar-refractivity contribution is 6.09. The van der Waals surface area contributed by atoms with E-state index in [0.717, 1.165) is 70.5 Å². The standard InChI is InChI=1S/C40H49N7O2/c1-24(2)46-23-41-34-22-33(44-37(36(34)46)42-28-14-12-25(3)31(19-28)38(48)43-27-10-9-11-27)26-13-15-32-35(18-26)47(39(49)40(32,4)5)30-20-29(21-30)45-16-7-6-8-17-45/h12-15,18-19,22-24,27,29-30H,6-11,16-17,20-21H2,1-5H3,(H,42,44)(H,43,48)/t29-,30+. The van der Waals surface area contributed by atoms with Crippen molar-refractivity contribution in [3.8, 4) is 11.3 Å². The fraction of sp³-hybridized carbons (Fsp3) is 0.500. The largest absolute Gasteiger partial charge is 0.349 e. The molecule has 2 saturated carbocycles. The zero-order valence-electron chi connectivity index (χ0n) is 29.6. The van der Waals surface area contributed by atoms with Crippen LogP contribution in [-0.4, -0.2) is 62.5 Å². The first-order valence-electron chi connectivity index (χ1n) is 18.4. The van der Waals surface area contributed by atoms with Crippen LogP contribution in [0.3, 0.4) is 0 Å². The molecular weight excluding hydrogens is 610 g/mol. The van der Waals surface area contributed by atoms with Gasteiger partial charge in [-0.15, -0.1) is 0 Å². The molecule has 0 unspecified atom stereocenters. The molecule has 3 fully saturated rings. The molecule has 9 nitrogen and oxygen atoms in total. The molecule has 2 N–H and O–H groups in total. The molecule has 0 bridgehead atoms. The molecule has 2 aliphatic heterocycles. The Hall–Kier alpha value is -4.24. The van der Waals surface area contributed by atoms with E-state index in [9.17, 15) is 9.59 Å². The fourth-order valence-electron chi connectivity index (χ4n) is 8.24. The Labute approximate surface area is 289 Å². The van der Waals surface area contributed by atoms with Crippen molar-refractivity contribution in [2.45, 2.75) is 116 Å². The maximum absolute atomic E-state index is 14.0. The molecule has 49 heavy (non-hydrogen) atoms. The monoisotopic (exact) mass is 659 g/mol. The van der Waals surface area contributed by atoms with Crippen LogP contribution >= 0.6 is 0 Å². The summed E-state index contributed by atoms with van der Waals surface area (Å²) in [7, 11) is 0. The van der Waals surface area contributed by atoms with Gasteiger partial charge in [-0.1, -0.05) is 24.6 Å². The number of amides is 2. The van der Waals surface area contributed by atoms with Gasteiger partial charge in [0.2, 0.25) is 5.91 Å². The summed E-state index contributed by atoms with van der Waals surface area (Å²) in [6.07, 6.45) is 11.1. The van der Waals surface area contributed by atoms with E-state index in [1.165, 1.54) is 38.8 Å². The lowest BCUT2D eigenvalue weighted by Gasteiger charge is -2.48. The number of fused-ring (bicyclic) bond motifs is 2. The molecule has 2 aliphatic carbocycles. The number of carbonyl (C=O) groups is 2. The zero-order chi connectivity index (χ0) is 34.0. The Bertz CT molecular complexity index is 1930. The Balaban J connectivity index is 1.14. The maximum Gasteiger partial charge on any atom is 0.251 e. The van der Waals surface area contributed by atoms with E-state index in [1.807, 2.05) is 31.5 Å². The van der Waals surface area contributed by atoms with E-state index in [0.29, 0.717) is 17.4 Å². The van der Waals surface area contributed by atoms with E-state index >= 15 is 0 Å². The minimum absolute atomic E-state index is 0.0289. The van der Waals surface area contributed by atoms with Crippen molar-refractivity contribution in [1.82, 2.24) is 24.8 Å². The van der Waals surface area contributed by atoms with Crippen LogP contribution in [0, 0.1) is 6.92 Å². The fourth-order valence-corrected chi connectivity index (χ4v) is 8.24. The molecule has 4 heterocycles. The molecular formula is C40H49N7O2. The van der Waals surface area contributed by atoms with Crippen molar-refractivity contribution >= 4 is 40.0 Å². The van der Waals surface area contributed by atoms with Gasteiger partial charge in [-0.05, 0) is 128 Å². The predicted molar refractivity (Wildman–Crippen MR) is 196 cm³/mol. The highest BCUT2D eigenvalue weighted by atomic mass is 16.2. The molecule has 0 atom stereocenters.